The molecular weight excluding hydrogens is 572 g/mol. The van der Waals surface area contributed by atoms with Gasteiger partial charge in [-0.05, 0) is 86.1 Å². The summed E-state index contributed by atoms with van der Waals surface area (Å²) in [6.07, 6.45) is 8.81. The smallest absolute Gasteiger partial charge is 0.305 e. The van der Waals surface area contributed by atoms with Crippen LogP contribution >= 0.6 is 31.9 Å². The zero-order valence-electron chi connectivity index (χ0n) is 20.8. The maximum absolute atomic E-state index is 11.8. The van der Waals surface area contributed by atoms with E-state index >= 15 is 0 Å². The highest BCUT2D eigenvalue weighted by atomic mass is 79.9. The van der Waals surface area contributed by atoms with Gasteiger partial charge >= 0.3 is 11.9 Å². The number of carbonyl (C=O) groups excluding carboxylic acids is 2. The molecule has 6 heteroatoms. The summed E-state index contributed by atoms with van der Waals surface area (Å²) >= 11 is 7.42. The average molecular weight is 608 g/mol. The summed E-state index contributed by atoms with van der Waals surface area (Å²) in [5.74, 6) is -0.207. The number of hydrogen-bond acceptors (Lipinski definition) is 4. The highest BCUT2D eigenvalue weighted by Crippen LogP contribution is 2.55. The van der Waals surface area contributed by atoms with E-state index in [1.54, 1.807) is 0 Å². The van der Waals surface area contributed by atoms with Crippen molar-refractivity contribution in [1.82, 2.24) is 0 Å². The van der Waals surface area contributed by atoms with Crippen molar-refractivity contribution in [3.8, 4) is 11.1 Å². The molecule has 35 heavy (non-hydrogen) atoms. The molecule has 2 aromatic carbocycles. The molecule has 0 N–H and O–H groups in total. The van der Waals surface area contributed by atoms with Crippen LogP contribution in [0.15, 0.2) is 45.3 Å². The second kappa shape index (κ2) is 13.6. The van der Waals surface area contributed by atoms with Gasteiger partial charge in [0.05, 0.1) is 13.2 Å². The first-order valence-corrected chi connectivity index (χ1v) is 14.4. The van der Waals surface area contributed by atoms with Crippen molar-refractivity contribution < 1.29 is 19.1 Å². The molecule has 0 atom stereocenters. The van der Waals surface area contributed by atoms with Gasteiger partial charge in [-0.25, -0.2) is 0 Å². The van der Waals surface area contributed by atoms with E-state index in [-0.39, 0.29) is 17.4 Å². The summed E-state index contributed by atoms with van der Waals surface area (Å²) in [7, 11) is 0. The van der Waals surface area contributed by atoms with E-state index in [1.807, 2.05) is 13.8 Å². The van der Waals surface area contributed by atoms with Gasteiger partial charge in [0.2, 0.25) is 0 Å². The Morgan fingerprint density at radius 1 is 0.686 bits per heavy atom. The fourth-order valence-electron chi connectivity index (χ4n) is 5.32. The average Bonchev–Trinajstić information content (AvgIpc) is 3.07. The quantitative estimate of drug-likeness (QED) is 0.160. The standard InChI is InChI=1S/C29H36Br2O4/c1-3-34-27(32)11-7-5-9-17-29(18-10-6-8-12-28(33)35-4-2)25-19-21(30)13-15-23(25)24-16-14-22(31)20-26(24)29/h13-16,19-20H,3-12,17-18H2,1-2H3. The zero-order chi connectivity index (χ0) is 25.3. The van der Waals surface area contributed by atoms with Crippen molar-refractivity contribution in [3.05, 3.63) is 56.5 Å². The van der Waals surface area contributed by atoms with Crippen molar-refractivity contribution in [2.24, 2.45) is 0 Å². The summed E-state index contributed by atoms with van der Waals surface area (Å²) in [6.45, 7) is 4.57. The number of hydrogen-bond donors (Lipinski definition) is 0. The largest absolute Gasteiger partial charge is 0.466 e. The van der Waals surface area contributed by atoms with Crippen LogP contribution in [0.4, 0.5) is 0 Å². The van der Waals surface area contributed by atoms with Crippen molar-refractivity contribution in [2.75, 3.05) is 13.2 Å². The number of halogens is 2. The SMILES string of the molecule is CCOC(=O)CCCCCC1(CCCCCC(=O)OCC)c2cc(Br)ccc2-c2ccc(Br)cc21. The topological polar surface area (TPSA) is 52.6 Å². The molecule has 0 bridgehead atoms. The molecule has 2 aromatic rings. The minimum atomic E-state index is -0.103. The van der Waals surface area contributed by atoms with Gasteiger partial charge in [-0.2, -0.15) is 0 Å². The Balaban J connectivity index is 1.79. The first-order chi connectivity index (χ1) is 16.9. The van der Waals surface area contributed by atoms with Crippen LogP contribution in [0.5, 0.6) is 0 Å². The molecule has 0 unspecified atom stereocenters. The van der Waals surface area contributed by atoms with Gasteiger partial charge in [-0.1, -0.05) is 69.7 Å². The van der Waals surface area contributed by atoms with E-state index in [9.17, 15) is 9.59 Å². The molecule has 190 valence electrons. The summed E-state index contributed by atoms with van der Waals surface area (Å²) in [5.41, 5.74) is 5.32. The minimum absolute atomic E-state index is 0.0773. The molecule has 1 aliphatic carbocycles. The Kier molecular flexibility index (Phi) is 10.8. The van der Waals surface area contributed by atoms with Crippen LogP contribution in [-0.2, 0) is 24.5 Å². The van der Waals surface area contributed by atoms with Gasteiger partial charge in [0, 0.05) is 27.2 Å². The Hall–Kier alpha value is -1.66. The molecule has 0 radical (unpaired) electrons. The van der Waals surface area contributed by atoms with Crippen LogP contribution in [0, 0.1) is 0 Å². The molecule has 1 aliphatic rings. The number of carbonyl (C=O) groups is 2. The number of ether oxygens (including phenoxy) is 2. The van der Waals surface area contributed by atoms with E-state index in [0.717, 1.165) is 60.3 Å². The van der Waals surface area contributed by atoms with E-state index in [0.29, 0.717) is 26.1 Å². The van der Waals surface area contributed by atoms with Gasteiger partial charge in [-0.3, -0.25) is 9.59 Å². The third kappa shape index (κ3) is 7.19. The molecule has 0 saturated carbocycles. The Bertz CT molecular complexity index is 936. The summed E-state index contributed by atoms with van der Waals surface area (Å²) in [5, 5.41) is 0. The number of benzene rings is 2. The number of esters is 2. The van der Waals surface area contributed by atoms with Crippen LogP contribution < -0.4 is 0 Å². The van der Waals surface area contributed by atoms with Crippen LogP contribution in [0.3, 0.4) is 0 Å². The van der Waals surface area contributed by atoms with Crippen LogP contribution in [0.1, 0.15) is 89.2 Å². The molecule has 4 nitrogen and oxygen atoms in total. The second-order valence-corrected chi connectivity index (χ2v) is 11.0. The lowest BCUT2D eigenvalue weighted by atomic mass is 9.70. The van der Waals surface area contributed by atoms with E-state index in [4.69, 9.17) is 9.47 Å². The third-order valence-electron chi connectivity index (χ3n) is 6.86. The summed E-state index contributed by atoms with van der Waals surface area (Å²) in [4.78, 5) is 23.5. The minimum Gasteiger partial charge on any atom is -0.466 e. The van der Waals surface area contributed by atoms with Gasteiger partial charge < -0.3 is 9.47 Å². The van der Waals surface area contributed by atoms with Crippen LogP contribution in [0.2, 0.25) is 0 Å². The molecule has 0 aliphatic heterocycles. The van der Waals surface area contributed by atoms with E-state index < -0.39 is 0 Å². The normalized spacial score (nSPS) is 13.3. The fraction of sp³-hybridized carbons (Fsp3) is 0.517. The lowest BCUT2D eigenvalue weighted by Crippen LogP contribution is -2.25. The highest BCUT2D eigenvalue weighted by molar-refractivity contribution is 9.10. The number of rotatable bonds is 14. The lowest BCUT2D eigenvalue weighted by molar-refractivity contribution is -0.144. The van der Waals surface area contributed by atoms with E-state index in [2.05, 4.69) is 68.3 Å². The Morgan fingerprint density at radius 2 is 1.11 bits per heavy atom. The zero-order valence-corrected chi connectivity index (χ0v) is 24.0. The van der Waals surface area contributed by atoms with Crippen molar-refractivity contribution in [2.45, 2.75) is 83.5 Å². The molecular formula is C29H36Br2O4. The van der Waals surface area contributed by atoms with Gasteiger partial charge in [-0.15, -0.1) is 0 Å². The van der Waals surface area contributed by atoms with Crippen molar-refractivity contribution in [3.63, 3.8) is 0 Å². The van der Waals surface area contributed by atoms with Gasteiger partial charge in [0.1, 0.15) is 0 Å². The third-order valence-corrected chi connectivity index (χ3v) is 7.85. The molecule has 3 rings (SSSR count). The predicted octanol–water partition coefficient (Wildman–Crippen LogP) is 8.51. The number of unbranched alkanes of at least 4 members (excludes halogenated alkanes) is 4. The molecule has 0 saturated heterocycles. The monoisotopic (exact) mass is 606 g/mol. The highest BCUT2D eigenvalue weighted by Gasteiger charge is 2.42. The van der Waals surface area contributed by atoms with Crippen LogP contribution in [-0.4, -0.2) is 25.2 Å². The molecule has 0 aromatic heterocycles. The number of fused-ring (bicyclic) bond motifs is 3. The van der Waals surface area contributed by atoms with Gasteiger partial charge in [0.15, 0.2) is 0 Å². The van der Waals surface area contributed by atoms with Crippen LogP contribution in [0.25, 0.3) is 11.1 Å². The Morgan fingerprint density at radius 3 is 1.51 bits per heavy atom. The van der Waals surface area contributed by atoms with E-state index in [1.165, 1.54) is 22.3 Å². The first kappa shape index (κ1) is 27.9. The first-order valence-electron chi connectivity index (χ1n) is 12.8. The van der Waals surface area contributed by atoms with Crippen molar-refractivity contribution >= 4 is 43.8 Å². The molecule has 0 fully saturated rings. The summed E-state index contributed by atoms with van der Waals surface area (Å²) in [6, 6.07) is 13.3. The lowest BCUT2D eigenvalue weighted by Gasteiger charge is -2.33. The maximum atomic E-state index is 11.8. The molecule has 0 amide bonds. The fourth-order valence-corrected chi connectivity index (χ4v) is 6.04. The molecule has 0 spiro atoms. The second-order valence-electron chi connectivity index (χ2n) is 9.19. The predicted molar refractivity (Wildman–Crippen MR) is 147 cm³/mol. The van der Waals surface area contributed by atoms with Crippen molar-refractivity contribution in [1.29, 1.82) is 0 Å². The summed E-state index contributed by atoms with van der Waals surface area (Å²) < 4.78 is 12.4. The maximum Gasteiger partial charge on any atom is 0.305 e. The Labute approximate surface area is 226 Å². The van der Waals surface area contributed by atoms with Gasteiger partial charge in [0.25, 0.3) is 0 Å². The molecule has 0 heterocycles.